The highest BCUT2D eigenvalue weighted by Crippen LogP contribution is 2.35. The maximum atomic E-state index is 12.7. The molecular weight excluding hydrogens is 303 g/mol. The third kappa shape index (κ3) is 3.31. The van der Waals surface area contributed by atoms with E-state index >= 15 is 0 Å². The maximum Gasteiger partial charge on any atom is 0.416 e. The number of hydrogen-bond acceptors (Lipinski definition) is 3. The van der Waals surface area contributed by atoms with Crippen LogP contribution in [-0.4, -0.2) is 9.97 Å². The molecule has 3 rings (SSSR count). The van der Waals surface area contributed by atoms with E-state index < -0.39 is 11.7 Å². The van der Waals surface area contributed by atoms with Gasteiger partial charge in [-0.15, -0.1) is 0 Å². The molecule has 1 aromatic carbocycles. The molecule has 2 heterocycles. The van der Waals surface area contributed by atoms with Crippen LogP contribution in [-0.2, 0) is 6.18 Å². The Morgan fingerprint density at radius 1 is 0.696 bits per heavy atom. The highest BCUT2D eigenvalue weighted by Gasteiger charge is 2.30. The molecule has 0 aliphatic carbocycles. The molecule has 3 aromatic rings. The predicted octanol–water partition coefficient (Wildman–Crippen LogP) is 4.97. The van der Waals surface area contributed by atoms with Crippen molar-refractivity contribution in [2.45, 2.75) is 6.18 Å². The van der Waals surface area contributed by atoms with Gasteiger partial charge in [-0.3, -0.25) is 9.97 Å². The first-order chi connectivity index (χ1) is 11.1. The van der Waals surface area contributed by atoms with Crippen LogP contribution in [0.2, 0.25) is 0 Å². The molecule has 0 bridgehead atoms. The molecule has 0 saturated heterocycles. The lowest BCUT2D eigenvalue weighted by Crippen LogP contribution is -2.11. The van der Waals surface area contributed by atoms with E-state index in [0.29, 0.717) is 5.69 Å². The van der Waals surface area contributed by atoms with Gasteiger partial charge < -0.3 is 4.90 Å². The molecule has 6 heteroatoms. The zero-order valence-corrected chi connectivity index (χ0v) is 11.9. The first-order valence-electron chi connectivity index (χ1n) is 6.83. The minimum Gasteiger partial charge on any atom is -0.307 e. The number of pyridine rings is 2. The first-order valence-corrected chi connectivity index (χ1v) is 6.83. The Morgan fingerprint density at radius 2 is 1.22 bits per heavy atom. The molecule has 0 atom stereocenters. The van der Waals surface area contributed by atoms with Crippen molar-refractivity contribution in [2.24, 2.45) is 0 Å². The lowest BCUT2D eigenvalue weighted by molar-refractivity contribution is -0.137. The molecule has 0 fully saturated rings. The van der Waals surface area contributed by atoms with Crippen molar-refractivity contribution >= 4 is 17.1 Å². The fourth-order valence-electron chi connectivity index (χ4n) is 2.22. The number of alkyl halides is 3. The number of nitrogens with zero attached hydrogens (tertiary/aromatic N) is 3. The average molecular weight is 315 g/mol. The van der Waals surface area contributed by atoms with Crippen molar-refractivity contribution in [3.05, 3.63) is 78.9 Å². The molecule has 0 aliphatic rings. The van der Waals surface area contributed by atoms with Crippen molar-refractivity contribution in [1.82, 2.24) is 9.97 Å². The summed E-state index contributed by atoms with van der Waals surface area (Å²) in [6.07, 6.45) is 2.21. The summed E-state index contributed by atoms with van der Waals surface area (Å²) >= 11 is 0. The van der Waals surface area contributed by atoms with Crippen LogP contribution in [0.15, 0.2) is 73.3 Å². The van der Waals surface area contributed by atoms with Gasteiger partial charge in [-0.1, -0.05) is 0 Å². The second-order valence-electron chi connectivity index (χ2n) is 4.80. The lowest BCUT2D eigenvalue weighted by Gasteiger charge is -2.24. The van der Waals surface area contributed by atoms with Gasteiger partial charge in [-0.05, 0) is 48.5 Å². The van der Waals surface area contributed by atoms with Crippen molar-refractivity contribution in [1.29, 1.82) is 0 Å². The van der Waals surface area contributed by atoms with Gasteiger partial charge >= 0.3 is 6.18 Å². The van der Waals surface area contributed by atoms with Crippen LogP contribution < -0.4 is 4.90 Å². The quantitative estimate of drug-likeness (QED) is 0.683. The summed E-state index contributed by atoms with van der Waals surface area (Å²) in [7, 11) is 0. The summed E-state index contributed by atoms with van der Waals surface area (Å²) in [5.74, 6) is 0. The van der Waals surface area contributed by atoms with Gasteiger partial charge in [0.1, 0.15) is 0 Å². The van der Waals surface area contributed by atoms with Crippen molar-refractivity contribution in [3.8, 4) is 0 Å². The fraction of sp³-hybridized carbons (Fsp3) is 0.0588. The van der Waals surface area contributed by atoms with Crippen molar-refractivity contribution in [3.63, 3.8) is 0 Å². The minimum absolute atomic E-state index is 0.596. The third-order valence-corrected chi connectivity index (χ3v) is 3.26. The van der Waals surface area contributed by atoms with Gasteiger partial charge in [-0.25, -0.2) is 0 Å². The van der Waals surface area contributed by atoms with E-state index in [1.54, 1.807) is 41.8 Å². The van der Waals surface area contributed by atoms with Gasteiger partial charge in [0.25, 0.3) is 0 Å². The molecule has 23 heavy (non-hydrogen) atoms. The van der Waals surface area contributed by atoms with Gasteiger partial charge in [0.2, 0.25) is 0 Å². The summed E-state index contributed by atoms with van der Waals surface area (Å²) in [5, 5.41) is 0. The van der Waals surface area contributed by atoms with Gasteiger partial charge in [-0.2, -0.15) is 13.2 Å². The van der Waals surface area contributed by atoms with Crippen LogP contribution in [0.3, 0.4) is 0 Å². The molecule has 0 amide bonds. The van der Waals surface area contributed by atoms with Crippen LogP contribution in [0, 0.1) is 0 Å². The number of benzene rings is 1. The molecule has 0 unspecified atom stereocenters. The average Bonchev–Trinajstić information content (AvgIpc) is 2.57. The van der Waals surface area contributed by atoms with E-state index in [4.69, 9.17) is 0 Å². The molecule has 116 valence electrons. The molecule has 0 radical (unpaired) electrons. The number of hydrogen-bond donors (Lipinski definition) is 0. The Labute approximate surface area is 131 Å². The van der Waals surface area contributed by atoms with E-state index in [1.807, 2.05) is 12.1 Å². The number of anilines is 3. The molecular formula is C17H12F3N3. The summed E-state index contributed by atoms with van der Waals surface area (Å²) in [5.41, 5.74) is 1.39. The summed E-state index contributed by atoms with van der Waals surface area (Å²) < 4.78 is 38.2. The standard InChI is InChI=1S/C17H12F3N3/c18-17(19,20)13-5-7-14(8-6-13)23(15-3-1-9-21-11-15)16-4-2-10-22-12-16/h1-12H. The topological polar surface area (TPSA) is 29.0 Å². The van der Waals surface area contributed by atoms with Crippen molar-refractivity contribution < 1.29 is 13.2 Å². The Bertz CT molecular complexity index is 717. The largest absolute Gasteiger partial charge is 0.416 e. The smallest absolute Gasteiger partial charge is 0.307 e. The van der Waals surface area contributed by atoms with Crippen LogP contribution in [0.1, 0.15) is 5.56 Å². The predicted molar refractivity (Wildman–Crippen MR) is 81.7 cm³/mol. The van der Waals surface area contributed by atoms with Gasteiger partial charge in [0, 0.05) is 18.1 Å². The molecule has 2 aromatic heterocycles. The molecule has 3 nitrogen and oxygen atoms in total. The molecule has 0 spiro atoms. The minimum atomic E-state index is -4.36. The van der Waals surface area contributed by atoms with Crippen LogP contribution in [0.4, 0.5) is 30.2 Å². The molecule has 0 aliphatic heterocycles. The van der Waals surface area contributed by atoms with Gasteiger partial charge in [0.05, 0.1) is 29.3 Å². The van der Waals surface area contributed by atoms with Crippen LogP contribution >= 0.6 is 0 Å². The SMILES string of the molecule is FC(F)(F)c1ccc(N(c2cccnc2)c2cccnc2)cc1. The van der Waals surface area contributed by atoms with Crippen LogP contribution in [0.5, 0.6) is 0 Å². The monoisotopic (exact) mass is 315 g/mol. The maximum absolute atomic E-state index is 12.7. The molecule has 0 saturated carbocycles. The highest BCUT2D eigenvalue weighted by atomic mass is 19.4. The van der Waals surface area contributed by atoms with E-state index in [-0.39, 0.29) is 0 Å². The van der Waals surface area contributed by atoms with Crippen molar-refractivity contribution in [2.75, 3.05) is 4.90 Å². The number of rotatable bonds is 3. The van der Waals surface area contributed by atoms with E-state index in [1.165, 1.54) is 12.1 Å². The second-order valence-corrected chi connectivity index (χ2v) is 4.80. The zero-order valence-electron chi connectivity index (χ0n) is 11.9. The Kier molecular flexibility index (Phi) is 3.97. The Hall–Kier alpha value is -2.89. The highest BCUT2D eigenvalue weighted by molar-refractivity contribution is 5.75. The first kappa shape index (κ1) is 15.0. The van der Waals surface area contributed by atoms with Gasteiger partial charge in [0.15, 0.2) is 0 Å². The normalized spacial score (nSPS) is 11.3. The van der Waals surface area contributed by atoms with E-state index in [2.05, 4.69) is 9.97 Å². The Balaban J connectivity index is 2.06. The third-order valence-electron chi connectivity index (χ3n) is 3.26. The summed E-state index contributed by atoms with van der Waals surface area (Å²) in [6.45, 7) is 0. The fourth-order valence-corrected chi connectivity index (χ4v) is 2.22. The lowest BCUT2D eigenvalue weighted by atomic mass is 10.1. The van der Waals surface area contributed by atoms with Crippen LogP contribution in [0.25, 0.3) is 0 Å². The van der Waals surface area contributed by atoms with E-state index in [9.17, 15) is 13.2 Å². The number of halogens is 3. The number of aromatic nitrogens is 2. The Morgan fingerprint density at radius 3 is 1.61 bits per heavy atom. The molecule has 0 N–H and O–H groups in total. The summed E-state index contributed by atoms with van der Waals surface area (Å²) in [6, 6.07) is 12.2. The van der Waals surface area contributed by atoms with E-state index in [0.717, 1.165) is 23.5 Å². The zero-order chi connectivity index (χ0) is 16.3. The summed E-state index contributed by atoms with van der Waals surface area (Å²) in [4.78, 5) is 9.93. The second kappa shape index (κ2) is 6.08.